The normalized spacial score (nSPS) is 13.7. The summed E-state index contributed by atoms with van der Waals surface area (Å²) in [6, 6.07) is 26.2. The van der Waals surface area contributed by atoms with Gasteiger partial charge in [0.1, 0.15) is 6.61 Å². The molecule has 2 fully saturated rings. The molecular weight excluding hydrogens is 582 g/mol. The number of anilines is 1. The van der Waals surface area contributed by atoms with Crippen LogP contribution in [0.4, 0.5) is 5.69 Å². The van der Waals surface area contributed by atoms with E-state index in [-0.39, 0.29) is 45.1 Å². The molecule has 0 N–H and O–H groups in total. The minimum absolute atomic E-state index is 0. The smallest absolute Gasteiger partial charge is 0.514 e. The molecule has 39 heavy (non-hydrogen) atoms. The van der Waals surface area contributed by atoms with Gasteiger partial charge in [-0.1, -0.05) is 60.3 Å². The molecule has 2 aliphatic rings. The second-order valence-electron chi connectivity index (χ2n) is 7.75. The molecule has 2 saturated carbocycles. The number of nitrogens with zero attached hydrogens (tertiary/aromatic N) is 1. The van der Waals surface area contributed by atoms with E-state index in [1.165, 1.54) is 4.31 Å². The van der Waals surface area contributed by atoms with Crippen molar-refractivity contribution in [2.45, 2.75) is 11.5 Å². The van der Waals surface area contributed by atoms with Crippen molar-refractivity contribution in [2.75, 3.05) is 10.8 Å². The van der Waals surface area contributed by atoms with Gasteiger partial charge in [-0.2, -0.15) is 12.1 Å². The fourth-order valence-corrected chi connectivity index (χ4v) is 4.63. The quantitative estimate of drug-likeness (QED) is 0.204. The zero-order valence-electron chi connectivity index (χ0n) is 22.1. The molecule has 0 atom stereocenters. The maximum absolute atomic E-state index is 13.0. The molecule has 0 aromatic heterocycles. The Morgan fingerprint density at radius 3 is 1.74 bits per heavy atom. The van der Waals surface area contributed by atoms with Gasteiger partial charge in [-0.15, -0.1) is 18.7 Å². The maximum Gasteiger partial charge on any atom is 2.00 e. The fraction of sp³-hybridized carbons (Fsp3) is 0.0606. The minimum Gasteiger partial charge on any atom is -0.514 e. The van der Waals surface area contributed by atoms with Crippen LogP contribution < -0.4 is 9.04 Å². The van der Waals surface area contributed by atoms with Gasteiger partial charge in [0.25, 0.3) is 10.0 Å². The van der Waals surface area contributed by atoms with Crippen LogP contribution in [0, 0.1) is 77.7 Å². The average molecular weight is 615 g/mol. The zero-order valence-corrected chi connectivity index (χ0v) is 25.3. The SMILES string of the molecule is C=CCN(c1[c-]ccc(OCc2ccccc2)c1)S(=O)(=O)c1ccccc1.[CH3-].[CH]1[CH][CH][CH][CH]1.[CH]1[CH][CH][CH][CH]1.[Zr+2]. The Hall–Kier alpha value is -2.17. The largest absolute Gasteiger partial charge is 2.00 e. The Morgan fingerprint density at radius 2 is 1.26 bits per heavy atom. The monoisotopic (exact) mass is 613 g/mol. The molecule has 0 aliphatic heterocycles. The summed E-state index contributed by atoms with van der Waals surface area (Å²) in [5, 5.41) is 0. The molecular formula is C33H33NO3SZr. The molecule has 0 amide bonds. The van der Waals surface area contributed by atoms with Gasteiger partial charge in [-0.25, -0.2) is 8.42 Å². The van der Waals surface area contributed by atoms with Gasteiger partial charge in [0.2, 0.25) is 0 Å². The van der Waals surface area contributed by atoms with Crippen molar-refractivity contribution in [2.24, 2.45) is 0 Å². The van der Waals surface area contributed by atoms with Gasteiger partial charge in [-0.05, 0) is 81.9 Å². The van der Waals surface area contributed by atoms with Gasteiger partial charge < -0.3 is 12.2 Å². The first kappa shape index (κ1) is 34.9. The van der Waals surface area contributed by atoms with Gasteiger partial charge in [0.05, 0.1) is 4.90 Å². The van der Waals surface area contributed by atoms with Gasteiger partial charge in [0, 0.05) is 12.3 Å². The molecule has 5 rings (SSSR count). The number of rotatable bonds is 8. The van der Waals surface area contributed by atoms with Gasteiger partial charge in [-0.3, -0.25) is 4.31 Å². The second kappa shape index (κ2) is 19.8. The standard InChI is InChI=1S/C22H20NO3S.2C5H5.CH3.Zr/c1-2-16-23(27(24,25)22-14-7-4-8-15-22)20-12-9-13-21(17-20)26-18-19-10-5-3-6-11-19;2*1-2-4-5-3-1;;/h2-11,13-15,17H,1,16,18H2;2*1-5H;1H3;/q-1;;;-1;+2. The molecule has 0 saturated heterocycles. The van der Waals surface area contributed by atoms with E-state index in [0.29, 0.717) is 18.0 Å². The number of benzene rings is 3. The summed E-state index contributed by atoms with van der Waals surface area (Å²) < 4.78 is 33.1. The Morgan fingerprint density at radius 1 is 0.769 bits per heavy atom. The summed E-state index contributed by atoms with van der Waals surface area (Å²) in [6.07, 6.45) is 21.5. The summed E-state index contributed by atoms with van der Waals surface area (Å²) >= 11 is 0. The van der Waals surface area contributed by atoms with Crippen LogP contribution in [0.25, 0.3) is 0 Å². The Balaban J connectivity index is 0.000000529. The van der Waals surface area contributed by atoms with Crippen LogP contribution in [-0.4, -0.2) is 15.0 Å². The molecule has 0 spiro atoms. The summed E-state index contributed by atoms with van der Waals surface area (Å²) in [5.41, 5.74) is 1.44. The van der Waals surface area contributed by atoms with E-state index in [4.69, 9.17) is 4.74 Å². The molecule has 198 valence electrons. The van der Waals surface area contributed by atoms with Crippen LogP contribution >= 0.6 is 0 Å². The maximum atomic E-state index is 13.0. The topological polar surface area (TPSA) is 46.6 Å². The van der Waals surface area contributed by atoms with Crippen molar-refractivity contribution in [3.8, 4) is 5.75 Å². The summed E-state index contributed by atoms with van der Waals surface area (Å²) in [5.74, 6) is 0.574. The molecule has 0 bridgehead atoms. The van der Waals surface area contributed by atoms with Crippen LogP contribution in [0.15, 0.2) is 96.4 Å². The Bertz CT molecular complexity index is 1120. The average Bonchev–Trinajstić information content (AvgIpc) is 3.72. The second-order valence-corrected chi connectivity index (χ2v) is 9.61. The van der Waals surface area contributed by atoms with Gasteiger partial charge in [0.15, 0.2) is 0 Å². The molecule has 3 aromatic rings. The first-order valence-electron chi connectivity index (χ1n) is 11.8. The van der Waals surface area contributed by atoms with Crippen molar-refractivity contribution in [3.63, 3.8) is 0 Å². The molecule has 10 radical (unpaired) electrons. The van der Waals surface area contributed by atoms with Crippen LogP contribution in [0.1, 0.15) is 5.56 Å². The summed E-state index contributed by atoms with van der Waals surface area (Å²) in [7, 11) is -3.72. The van der Waals surface area contributed by atoms with Crippen molar-refractivity contribution in [1.29, 1.82) is 0 Å². The number of hydrogen-bond donors (Lipinski definition) is 0. The minimum atomic E-state index is -3.72. The Kier molecular flexibility index (Phi) is 17.7. The predicted octanol–water partition coefficient (Wildman–Crippen LogP) is 6.94. The van der Waals surface area contributed by atoms with E-state index in [2.05, 4.69) is 12.6 Å². The molecule has 4 nitrogen and oxygen atoms in total. The van der Waals surface area contributed by atoms with E-state index in [0.717, 1.165) is 5.56 Å². The zero-order chi connectivity index (χ0) is 26.2. The molecule has 0 heterocycles. The van der Waals surface area contributed by atoms with E-state index in [9.17, 15) is 8.42 Å². The number of hydrogen-bond acceptors (Lipinski definition) is 3. The third-order valence-corrected chi connectivity index (χ3v) is 6.81. The number of sulfonamides is 1. The van der Waals surface area contributed by atoms with Crippen LogP contribution in [-0.2, 0) is 42.8 Å². The van der Waals surface area contributed by atoms with E-state index in [1.807, 2.05) is 94.5 Å². The fourth-order valence-electron chi connectivity index (χ4n) is 3.21. The molecule has 6 heteroatoms. The van der Waals surface area contributed by atoms with Crippen molar-refractivity contribution in [1.82, 2.24) is 0 Å². The predicted molar refractivity (Wildman–Crippen MR) is 157 cm³/mol. The van der Waals surface area contributed by atoms with E-state index in [1.54, 1.807) is 54.6 Å². The van der Waals surface area contributed by atoms with Crippen LogP contribution in [0.3, 0.4) is 0 Å². The summed E-state index contributed by atoms with van der Waals surface area (Å²) in [4.78, 5) is 0.218. The van der Waals surface area contributed by atoms with Crippen LogP contribution in [0.2, 0.25) is 0 Å². The molecule has 0 unspecified atom stereocenters. The molecule has 2 aliphatic carbocycles. The third-order valence-electron chi connectivity index (χ3n) is 5.01. The van der Waals surface area contributed by atoms with E-state index >= 15 is 0 Å². The van der Waals surface area contributed by atoms with Gasteiger partial charge >= 0.3 is 26.2 Å². The van der Waals surface area contributed by atoms with E-state index < -0.39 is 10.0 Å². The van der Waals surface area contributed by atoms with Crippen LogP contribution in [0.5, 0.6) is 5.75 Å². The Labute approximate surface area is 256 Å². The van der Waals surface area contributed by atoms with Crippen molar-refractivity contribution >= 4 is 15.7 Å². The molecule has 3 aromatic carbocycles. The van der Waals surface area contributed by atoms with Crippen molar-refractivity contribution in [3.05, 3.63) is 175 Å². The third kappa shape index (κ3) is 12.3. The summed E-state index contributed by atoms with van der Waals surface area (Å²) in [6.45, 7) is 4.22. The first-order valence-corrected chi connectivity index (χ1v) is 13.3. The van der Waals surface area contributed by atoms with Crippen molar-refractivity contribution < 1.29 is 39.4 Å². The first-order chi connectivity index (χ1) is 18.1. The number of ether oxygens (including phenoxy) is 1.